The van der Waals surface area contributed by atoms with Crippen LogP contribution in [0.1, 0.15) is 37.3 Å². The maximum Gasteiger partial charge on any atom is 0.224 e. The summed E-state index contributed by atoms with van der Waals surface area (Å²) in [5, 5.41) is 0. The summed E-state index contributed by atoms with van der Waals surface area (Å²) in [6, 6.07) is 7.88. The summed E-state index contributed by atoms with van der Waals surface area (Å²) in [5.41, 5.74) is 1.08. The molecule has 2 heterocycles. The number of rotatable bonds is 5. The first-order valence-corrected chi connectivity index (χ1v) is 10.0. The Bertz CT molecular complexity index is 704. The van der Waals surface area contributed by atoms with Crippen molar-refractivity contribution < 1.29 is 17.9 Å². The van der Waals surface area contributed by atoms with E-state index in [4.69, 9.17) is 4.74 Å². The Kier molecular flexibility index (Phi) is 5.10. The van der Waals surface area contributed by atoms with E-state index < -0.39 is 10.0 Å². The van der Waals surface area contributed by atoms with E-state index in [0.717, 1.165) is 30.7 Å². The molecule has 1 aromatic carbocycles. The smallest absolute Gasteiger partial charge is 0.224 e. The lowest BCUT2D eigenvalue weighted by atomic mass is 10.0. The quantitative estimate of drug-likeness (QED) is 0.810. The highest BCUT2D eigenvalue weighted by Gasteiger charge is 2.32. The van der Waals surface area contributed by atoms with Crippen molar-refractivity contribution in [3.8, 4) is 5.75 Å². The van der Waals surface area contributed by atoms with Crippen LogP contribution < -0.4 is 4.74 Å². The predicted molar refractivity (Wildman–Crippen MR) is 91.3 cm³/mol. The number of sulfonamides is 1. The van der Waals surface area contributed by atoms with Crippen LogP contribution in [-0.4, -0.2) is 56.0 Å². The molecule has 0 aliphatic carbocycles. The van der Waals surface area contributed by atoms with Crippen LogP contribution in [0, 0.1) is 0 Å². The van der Waals surface area contributed by atoms with Crippen LogP contribution in [0.4, 0.5) is 0 Å². The predicted octanol–water partition coefficient (Wildman–Crippen LogP) is 1.78. The first kappa shape index (κ1) is 17.2. The average molecular weight is 352 g/mol. The maximum absolute atomic E-state index is 12.6. The zero-order chi connectivity index (χ0) is 17.2. The number of likely N-dealkylation sites (tertiary alicyclic amines) is 1. The number of ether oxygens (including phenoxy) is 1. The Morgan fingerprint density at radius 1 is 1.29 bits per heavy atom. The molecule has 0 aromatic heterocycles. The SMILES string of the molecule is COc1cccc([C@H]2CCCN2C(=O)CCN2CCCS2(=O)=O)c1. The van der Waals surface area contributed by atoms with Gasteiger partial charge < -0.3 is 9.64 Å². The third kappa shape index (κ3) is 3.57. The standard InChI is InChI=1S/C17H24N2O4S/c1-23-15-6-2-5-14(13-15)16-7-3-10-19(16)17(20)8-11-18-9-4-12-24(18,21)22/h2,5-6,13,16H,3-4,7-12H2,1H3/t16-/m1/s1. The molecule has 7 heteroatoms. The first-order valence-electron chi connectivity index (χ1n) is 8.42. The summed E-state index contributed by atoms with van der Waals surface area (Å²) in [7, 11) is -1.50. The van der Waals surface area contributed by atoms with Gasteiger partial charge in [-0.15, -0.1) is 0 Å². The molecule has 0 unspecified atom stereocenters. The Balaban J connectivity index is 1.65. The Morgan fingerprint density at radius 3 is 2.83 bits per heavy atom. The fourth-order valence-electron chi connectivity index (χ4n) is 3.57. The van der Waals surface area contributed by atoms with Gasteiger partial charge in [-0.1, -0.05) is 12.1 Å². The van der Waals surface area contributed by atoms with Crippen LogP contribution in [0.25, 0.3) is 0 Å². The molecule has 2 aliphatic heterocycles. The van der Waals surface area contributed by atoms with Gasteiger partial charge in [-0.05, 0) is 37.0 Å². The molecular formula is C17H24N2O4S. The highest BCUT2D eigenvalue weighted by molar-refractivity contribution is 7.89. The van der Waals surface area contributed by atoms with Crippen molar-refractivity contribution in [2.24, 2.45) is 0 Å². The summed E-state index contributed by atoms with van der Waals surface area (Å²) in [5.74, 6) is 1.02. The number of benzene rings is 1. The van der Waals surface area contributed by atoms with Gasteiger partial charge in [0.25, 0.3) is 0 Å². The second-order valence-corrected chi connectivity index (χ2v) is 8.43. The number of methoxy groups -OCH3 is 1. The molecule has 1 aromatic rings. The van der Waals surface area contributed by atoms with E-state index in [-0.39, 0.29) is 24.1 Å². The number of nitrogens with zero attached hydrogens (tertiary/aromatic N) is 2. The summed E-state index contributed by atoms with van der Waals surface area (Å²) in [4.78, 5) is 14.5. The molecule has 1 atom stereocenters. The van der Waals surface area contributed by atoms with Gasteiger partial charge in [0.1, 0.15) is 5.75 Å². The molecule has 2 saturated heterocycles. The van der Waals surface area contributed by atoms with Gasteiger partial charge in [-0.3, -0.25) is 4.79 Å². The number of hydrogen-bond acceptors (Lipinski definition) is 4. The lowest BCUT2D eigenvalue weighted by Crippen LogP contribution is -2.35. The zero-order valence-electron chi connectivity index (χ0n) is 14.0. The summed E-state index contributed by atoms with van der Waals surface area (Å²) >= 11 is 0. The maximum atomic E-state index is 12.6. The second-order valence-electron chi connectivity index (χ2n) is 6.34. The van der Waals surface area contributed by atoms with Crippen LogP contribution in [0.5, 0.6) is 5.75 Å². The summed E-state index contributed by atoms with van der Waals surface area (Å²) < 4.78 is 30.4. The van der Waals surface area contributed by atoms with E-state index >= 15 is 0 Å². The van der Waals surface area contributed by atoms with Crippen molar-refractivity contribution in [3.63, 3.8) is 0 Å². The van der Waals surface area contributed by atoms with Gasteiger partial charge in [0.15, 0.2) is 0 Å². The van der Waals surface area contributed by atoms with Crippen LogP contribution in [0.3, 0.4) is 0 Å². The lowest BCUT2D eigenvalue weighted by molar-refractivity contribution is -0.132. The van der Waals surface area contributed by atoms with Crippen molar-refractivity contribution in [1.82, 2.24) is 9.21 Å². The van der Waals surface area contributed by atoms with Crippen molar-refractivity contribution >= 4 is 15.9 Å². The minimum Gasteiger partial charge on any atom is -0.497 e. The van der Waals surface area contributed by atoms with Crippen molar-refractivity contribution in [2.75, 3.05) is 32.5 Å². The summed E-state index contributed by atoms with van der Waals surface area (Å²) in [6.45, 7) is 1.56. The number of amides is 1. The van der Waals surface area contributed by atoms with E-state index in [0.29, 0.717) is 19.5 Å². The first-order chi connectivity index (χ1) is 11.5. The topological polar surface area (TPSA) is 66.9 Å². The number of carbonyl (C=O) groups excluding carboxylic acids is 1. The monoisotopic (exact) mass is 352 g/mol. The Morgan fingerprint density at radius 2 is 2.12 bits per heavy atom. The molecule has 132 valence electrons. The molecule has 2 fully saturated rings. The molecule has 0 N–H and O–H groups in total. The third-order valence-corrected chi connectivity index (χ3v) is 6.79. The second kappa shape index (κ2) is 7.11. The van der Waals surface area contributed by atoms with Gasteiger partial charge in [0.2, 0.25) is 15.9 Å². The van der Waals surface area contributed by atoms with Crippen LogP contribution >= 0.6 is 0 Å². The highest BCUT2D eigenvalue weighted by Crippen LogP contribution is 2.34. The molecule has 2 aliphatic rings. The van der Waals surface area contributed by atoms with Crippen molar-refractivity contribution in [1.29, 1.82) is 0 Å². The lowest BCUT2D eigenvalue weighted by Gasteiger charge is -2.26. The number of hydrogen-bond donors (Lipinski definition) is 0. The molecule has 3 rings (SSSR count). The molecule has 1 amide bonds. The number of carbonyl (C=O) groups is 1. The molecule has 6 nitrogen and oxygen atoms in total. The Hall–Kier alpha value is -1.60. The van der Waals surface area contributed by atoms with Gasteiger partial charge in [0, 0.05) is 26.1 Å². The molecular weight excluding hydrogens is 328 g/mol. The third-order valence-electron chi connectivity index (χ3n) is 4.83. The molecule has 0 radical (unpaired) electrons. The zero-order valence-corrected chi connectivity index (χ0v) is 14.8. The van der Waals surface area contributed by atoms with Crippen molar-refractivity contribution in [2.45, 2.75) is 31.7 Å². The van der Waals surface area contributed by atoms with Crippen LogP contribution in [0.15, 0.2) is 24.3 Å². The van der Waals surface area contributed by atoms with E-state index in [1.807, 2.05) is 29.2 Å². The fraction of sp³-hybridized carbons (Fsp3) is 0.588. The van der Waals surface area contributed by atoms with Gasteiger partial charge >= 0.3 is 0 Å². The normalized spacial score (nSPS) is 23.5. The van der Waals surface area contributed by atoms with E-state index in [1.165, 1.54) is 4.31 Å². The molecule has 24 heavy (non-hydrogen) atoms. The minimum absolute atomic E-state index is 0.0300. The average Bonchev–Trinajstić information content (AvgIpc) is 3.19. The van der Waals surface area contributed by atoms with E-state index in [9.17, 15) is 13.2 Å². The van der Waals surface area contributed by atoms with E-state index in [1.54, 1.807) is 7.11 Å². The van der Waals surface area contributed by atoms with Crippen LogP contribution in [0.2, 0.25) is 0 Å². The van der Waals surface area contributed by atoms with Gasteiger partial charge in [-0.25, -0.2) is 12.7 Å². The highest BCUT2D eigenvalue weighted by atomic mass is 32.2. The molecule has 0 saturated carbocycles. The summed E-state index contributed by atoms with van der Waals surface area (Å²) in [6.07, 6.45) is 2.81. The van der Waals surface area contributed by atoms with Gasteiger partial charge in [-0.2, -0.15) is 0 Å². The largest absolute Gasteiger partial charge is 0.497 e. The minimum atomic E-state index is -3.13. The molecule has 0 bridgehead atoms. The van der Waals surface area contributed by atoms with E-state index in [2.05, 4.69) is 0 Å². The van der Waals surface area contributed by atoms with Crippen molar-refractivity contribution in [3.05, 3.63) is 29.8 Å². The van der Waals surface area contributed by atoms with Crippen LogP contribution in [-0.2, 0) is 14.8 Å². The molecule has 0 spiro atoms. The fourth-order valence-corrected chi connectivity index (χ4v) is 5.10. The van der Waals surface area contributed by atoms with Gasteiger partial charge in [0.05, 0.1) is 18.9 Å². The Labute approximate surface area is 143 Å².